The normalized spacial score (nSPS) is 16.5. The Labute approximate surface area is 107 Å². The average molecular weight is 249 g/mol. The quantitative estimate of drug-likeness (QED) is 0.766. The first-order chi connectivity index (χ1) is 8.76. The van der Waals surface area contributed by atoms with Crippen LogP contribution in [0.25, 0.3) is 6.08 Å². The number of oxazole rings is 1. The van der Waals surface area contributed by atoms with Gasteiger partial charge in [0, 0.05) is 5.92 Å². The van der Waals surface area contributed by atoms with E-state index in [0.717, 1.165) is 12.8 Å². The van der Waals surface area contributed by atoms with E-state index in [1.165, 1.54) is 25.3 Å². The predicted octanol–water partition coefficient (Wildman–Crippen LogP) is 3.54. The van der Waals surface area contributed by atoms with Crippen LogP contribution in [-0.2, 0) is 4.74 Å². The van der Waals surface area contributed by atoms with Gasteiger partial charge in [-0.3, -0.25) is 0 Å². The molecule has 0 aliphatic heterocycles. The standard InChI is InChI=1S/C14H19NO3/c1-3-11-12(14(16)17-4-2)15-13(18-11)10-8-6-5-7-9-10/h3,10H,1,4-9H2,2H3. The van der Waals surface area contributed by atoms with Crippen molar-refractivity contribution >= 4 is 12.0 Å². The molecule has 4 heteroatoms. The number of carbonyl (C=O) groups is 1. The molecule has 1 aromatic heterocycles. The molecule has 0 unspecified atom stereocenters. The summed E-state index contributed by atoms with van der Waals surface area (Å²) in [5.41, 5.74) is 0.257. The summed E-state index contributed by atoms with van der Waals surface area (Å²) in [5.74, 6) is 0.987. The van der Waals surface area contributed by atoms with Gasteiger partial charge in [-0.1, -0.05) is 25.8 Å². The third kappa shape index (κ3) is 2.63. The minimum atomic E-state index is -0.432. The van der Waals surface area contributed by atoms with E-state index >= 15 is 0 Å². The van der Waals surface area contributed by atoms with Gasteiger partial charge in [-0.05, 0) is 25.8 Å². The van der Waals surface area contributed by atoms with Gasteiger partial charge in [-0.15, -0.1) is 0 Å². The molecule has 0 radical (unpaired) electrons. The Bertz CT molecular complexity index is 430. The van der Waals surface area contributed by atoms with E-state index in [-0.39, 0.29) is 5.69 Å². The van der Waals surface area contributed by atoms with Crippen molar-refractivity contribution in [1.82, 2.24) is 4.98 Å². The van der Waals surface area contributed by atoms with E-state index in [0.29, 0.717) is 24.2 Å². The van der Waals surface area contributed by atoms with Crippen LogP contribution in [-0.4, -0.2) is 17.6 Å². The van der Waals surface area contributed by atoms with E-state index in [1.54, 1.807) is 6.92 Å². The summed E-state index contributed by atoms with van der Waals surface area (Å²) < 4.78 is 10.6. The molecule has 1 aliphatic rings. The van der Waals surface area contributed by atoms with E-state index in [9.17, 15) is 4.79 Å². The second-order valence-electron chi connectivity index (χ2n) is 4.52. The highest BCUT2D eigenvalue weighted by molar-refractivity contribution is 5.90. The Morgan fingerprint density at radius 3 is 2.83 bits per heavy atom. The second kappa shape index (κ2) is 5.85. The molecule has 1 saturated carbocycles. The van der Waals surface area contributed by atoms with Crippen molar-refractivity contribution in [2.75, 3.05) is 6.61 Å². The molecular weight excluding hydrogens is 230 g/mol. The monoisotopic (exact) mass is 249 g/mol. The molecule has 1 aliphatic carbocycles. The van der Waals surface area contributed by atoms with Gasteiger partial charge in [0.25, 0.3) is 0 Å². The molecule has 1 fully saturated rings. The molecule has 0 aromatic carbocycles. The number of carbonyl (C=O) groups excluding carboxylic acids is 1. The molecular formula is C14H19NO3. The highest BCUT2D eigenvalue weighted by atomic mass is 16.5. The molecule has 0 saturated heterocycles. The van der Waals surface area contributed by atoms with Crippen LogP contribution < -0.4 is 0 Å². The fourth-order valence-corrected chi connectivity index (χ4v) is 2.36. The molecule has 1 heterocycles. The summed E-state index contributed by atoms with van der Waals surface area (Å²) in [7, 11) is 0. The number of esters is 1. The van der Waals surface area contributed by atoms with Gasteiger partial charge in [0.15, 0.2) is 17.3 Å². The highest BCUT2D eigenvalue weighted by Crippen LogP contribution is 2.33. The molecule has 18 heavy (non-hydrogen) atoms. The van der Waals surface area contributed by atoms with E-state index in [4.69, 9.17) is 9.15 Å². The predicted molar refractivity (Wildman–Crippen MR) is 68.4 cm³/mol. The summed E-state index contributed by atoms with van der Waals surface area (Å²) >= 11 is 0. The van der Waals surface area contributed by atoms with Crippen LogP contribution in [0.3, 0.4) is 0 Å². The molecule has 98 valence electrons. The van der Waals surface area contributed by atoms with Crippen LogP contribution in [0.1, 0.15) is 67.1 Å². The summed E-state index contributed by atoms with van der Waals surface area (Å²) in [5, 5.41) is 0. The molecule has 1 aromatic rings. The lowest BCUT2D eigenvalue weighted by atomic mass is 9.89. The van der Waals surface area contributed by atoms with Crippen molar-refractivity contribution in [2.24, 2.45) is 0 Å². The first kappa shape index (κ1) is 12.9. The number of ether oxygens (including phenoxy) is 1. The SMILES string of the molecule is C=Cc1oc(C2CCCCC2)nc1C(=O)OCC. The first-order valence-electron chi connectivity index (χ1n) is 6.56. The Hall–Kier alpha value is -1.58. The van der Waals surface area contributed by atoms with Gasteiger partial charge >= 0.3 is 5.97 Å². The largest absolute Gasteiger partial charge is 0.461 e. The van der Waals surface area contributed by atoms with Gasteiger partial charge in [0.1, 0.15) is 0 Å². The highest BCUT2D eigenvalue weighted by Gasteiger charge is 2.25. The van der Waals surface area contributed by atoms with Crippen LogP contribution in [0.5, 0.6) is 0 Å². The van der Waals surface area contributed by atoms with E-state index in [1.807, 2.05) is 0 Å². The number of aromatic nitrogens is 1. The Morgan fingerprint density at radius 1 is 1.50 bits per heavy atom. The van der Waals surface area contributed by atoms with Crippen LogP contribution in [0.4, 0.5) is 0 Å². The van der Waals surface area contributed by atoms with E-state index in [2.05, 4.69) is 11.6 Å². The maximum absolute atomic E-state index is 11.7. The van der Waals surface area contributed by atoms with Crippen molar-refractivity contribution in [3.05, 3.63) is 23.9 Å². The fourth-order valence-electron chi connectivity index (χ4n) is 2.36. The maximum atomic E-state index is 11.7. The summed E-state index contributed by atoms with van der Waals surface area (Å²) in [6.45, 7) is 5.76. The number of hydrogen-bond donors (Lipinski definition) is 0. The lowest BCUT2D eigenvalue weighted by Gasteiger charge is -2.17. The van der Waals surface area contributed by atoms with Crippen molar-refractivity contribution in [3.8, 4) is 0 Å². The topological polar surface area (TPSA) is 52.3 Å². The minimum Gasteiger partial charge on any atom is -0.461 e. The minimum absolute atomic E-state index is 0.257. The summed E-state index contributed by atoms with van der Waals surface area (Å²) in [6, 6.07) is 0. The van der Waals surface area contributed by atoms with Gasteiger partial charge in [0.05, 0.1) is 6.61 Å². The van der Waals surface area contributed by atoms with Crippen LogP contribution >= 0.6 is 0 Å². The molecule has 0 atom stereocenters. The third-order valence-corrected chi connectivity index (χ3v) is 3.28. The van der Waals surface area contributed by atoms with Crippen molar-refractivity contribution in [1.29, 1.82) is 0 Å². The number of hydrogen-bond acceptors (Lipinski definition) is 4. The molecule has 0 N–H and O–H groups in total. The third-order valence-electron chi connectivity index (χ3n) is 3.28. The lowest BCUT2D eigenvalue weighted by Crippen LogP contribution is -2.08. The van der Waals surface area contributed by atoms with Gasteiger partial charge < -0.3 is 9.15 Å². The van der Waals surface area contributed by atoms with Crippen molar-refractivity contribution in [3.63, 3.8) is 0 Å². The second-order valence-corrected chi connectivity index (χ2v) is 4.52. The Balaban J connectivity index is 2.22. The molecule has 4 nitrogen and oxygen atoms in total. The Kier molecular flexibility index (Phi) is 4.18. The van der Waals surface area contributed by atoms with Gasteiger partial charge in [-0.2, -0.15) is 0 Å². The summed E-state index contributed by atoms with van der Waals surface area (Å²) in [4.78, 5) is 16.0. The van der Waals surface area contributed by atoms with Gasteiger partial charge in [-0.25, -0.2) is 9.78 Å². The van der Waals surface area contributed by atoms with Crippen LogP contribution in [0, 0.1) is 0 Å². The Morgan fingerprint density at radius 2 is 2.22 bits per heavy atom. The van der Waals surface area contributed by atoms with Crippen molar-refractivity contribution in [2.45, 2.75) is 44.9 Å². The average Bonchev–Trinajstić information content (AvgIpc) is 2.84. The number of rotatable bonds is 4. The maximum Gasteiger partial charge on any atom is 0.360 e. The number of nitrogens with zero attached hydrogens (tertiary/aromatic N) is 1. The lowest BCUT2D eigenvalue weighted by molar-refractivity contribution is 0.0519. The van der Waals surface area contributed by atoms with Crippen LogP contribution in [0.2, 0.25) is 0 Å². The molecule has 0 bridgehead atoms. The zero-order valence-corrected chi connectivity index (χ0v) is 10.8. The zero-order valence-electron chi connectivity index (χ0n) is 10.8. The smallest absolute Gasteiger partial charge is 0.360 e. The first-order valence-corrected chi connectivity index (χ1v) is 6.56. The van der Waals surface area contributed by atoms with E-state index < -0.39 is 5.97 Å². The van der Waals surface area contributed by atoms with Crippen LogP contribution in [0.15, 0.2) is 11.0 Å². The summed E-state index contributed by atoms with van der Waals surface area (Å²) in [6.07, 6.45) is 7.36. The molecule has 0 spiro atoms. The molecule has 2 rings (SSSR count). The fraction of sp³-hybridized carbons (Fsp3) is 0.571. The zero-order chi connectivity index (χ0) is 13.0. The van der Waals surface area contributed by atoms with Crippen molar-refractivity contribution < 1.29 is 13.9 Å². The molecule has 0 amide bonds. The van der Waals surface area contributed by atoms with Gasteiger partial charge in [0.2, 0.25) is 0 Å².